The summed E-state index contributed by atoms with van der Waals surface area (Å²) in [6.07, 6.45) is 2.29. The summed E-state index contributed by atoms with van der Waals surface area (Å²) in [7, 11) is 0. The number of hydrogen-bond acceptors (Lipinski definition) is 2. The van der Waals surface area contributed by atoms with Crippen LogP contribution in [0.3, 0.4) is 0 Å². The van der Waals surface area contributed by atoms with Crippen LogP contribution in [0.15, 0.2) is 36.5 Å². The lowest BCUT2D eigenvalue weighted by Gasteiger charge is -1.99. The third kappa shape index (κ3) is 2.04. The van der Waals surface area contributed by atoms with Crippen molar-refractivity contribution in [2.24, 2.45) is 5.73 Å². The van der Waals surface area contributed by atoms with E-state index in [1.165, 1.54) is 0 Å². The number of carbonyl (C=O) groups excluding carboxylic acids is 1. The molecule has 0 saturated carbocycles. The zero-order valence-electron chi connectivity index (χ0n) is 8.10. The molecule has 0 spiro atoms. The molecule has 2 aromatic rings. The molecular weight excluding hydrogens is 190 g/mol. The van der Waals surface area contributed by atoms with Gasteiger partial charge in [-0.2, -0.15) is 5.10 Å². The highest BCUT2D eigenvalue weighted by molar-refractivity contribution is 5.92. The normalized spacial score (nSPS) is 10.1. The quantitative estimate of drug-likeness (QED) is 0.780. The smallest absolute Gasteiger partial charge is 0.267 e. The van der Waals surface area contributed by atoms with Gasteiger partial charge in [-0.3, -0.25) is 9.89 Å². The van der Waals surface area contributed by atoms with E-state index in [4.69, 9.17) is 5.73 Å². The first-order valence-corrected chi connectivity index (χ1v) is 4.63. The molecule has 1 aromatic heterocycles. The van der Waals surface area contributed by atoms with Crippen molar-refractivity contribution in [1.29, 1.82) is 0 Å². The predicted molar refractivity (Wildman–Crippen MR) is 56.4 cm³/mol. The lowest BCUT2D eigenvalue weighted by Crippen LogP contribution is -2.13. The number of hydrogen-bond donors (Lipinski definition) is 2. The van der Waals surface area contributed by atoms with E-state index in [0.717, 1.165) is 11.1 Å². The molecule has 1 heterocycles. The molecule has 3 N–H and O–H groups in total. The van der Waals surface area contributed by atoms with Gasteiger partial charge in [-0.1, -0.05) is 30.3 Å². The van der Waals surface area contributed by atoms with Crippen molar-refractivity contribution < 1.29 is 4.79 Å². The first kappa shape index (κ1) is 9.45. The second-order valence-electron chi connectivity index (χ2n) is 3.30. The van der Waals surface area contributed by atoms with Crippen LogP contribution < -0.4 is 5.73 Å². The summed E-state index contributed by atoms with van der Waals surface area (Å²) in [5.41, 5.74) is 7.54. The molecule has 4 heteroatoms. The molecule has 0 saturated heterocycles. The fraction of sp³-hybridized carbons (Fsp3) is 0.0909. The largest absolute Gasteiger partial charge is 0.364 e. The van der Waals surface area contributed by atoms with Crippen molar-refractivity contribution >= 4 is 5.91 Å². The van der Waals surface area contributed by atoms with Crippen molar-refractivity contribution in [3.63, 3.8) is 0 Å². The maximum absolute atomic E-state index is 11.0. The highest BCUT2D eigenvalue weighted by atomic mass is 16.1. The molecule has 4 nitrogen and oxygen atoms in total. The van der Waals surface area contributed by atoms with Crippen LogP contribution in [-0.4, -0.2) is 16.1 Å². The number of H-pyrrole nitrogens is 1. The summed E-state index contributed by atoms with van der Waals surface area (Å²) in [5, 5.41) is 6.41. The molecule has 0 aliphatic rings. The minimum Gasteiger partial charge on any atom is -0.364 e. The number of primary amides is 1. The van der Waals surface area contributed by atoms with Gasteiger partial charge >= 0.3 is 0 Å². The van der Waals surface area contributed by atoms with Gasteiger partial charge in [0.05, 0.1) is 6.20 Å². The number of nitrogens with two attached hydrogens (primary N) is 1. The topological polar surface area (TPSA) is 71.8 Å². The summed E-state index contributed by atoms with van der Waals surface area (Å²) in [6, 6.07) is 9.86. The van der Waals surface area contributed by atoms with Crippen LogP contribution >= 0.6 is 0 Å². The predicted octanol–water partition coefficient (Wildman–Crippen LogP) is 1.10. The molecular formula is C11H11N3O. The number of amides is 1. The maximum Gasteiger partial charge on any atom is 0.267 e. The molecule has 76 valence electrons. The highest BCUT2D eigenvalue weighted by Crippen LogP contribution is 2.11. The lowest BCUT2D eigenvalue weighted by molar-refractivity contribution is 0.0995. The zero-order chi connectivity index (χ0) is 10.7. The molecule has 0 fully saturated rings. The molecule has 0 unspecified atom stereocenters. The van der Waals surface area contributed by atoms with E-state index in [1.807, 2.05) is 30.3 Å². The SMILES string of the molecule is NC(=O)c1[nH]ncc1Cc1ccccc1. The van der Waals surface area contributed by atoms with E-state index in [1.54, 1.807) is 6.20 Å². The van der Waals surface area contributed by atoms with E-state index in [2.05, 4.69) is 10.2 Å². The third-order valence-electron chi connectivity index (χ3n) is 2.20. The molecule has 1 aromatic carbocycles. The molecule has 15 heavy (non-hydrogen) atoms. The third-order valence-corrected chi connectivity index (χ3v) is 2.20. The van der Waals surface area contributed by atoms with Gasteiger partial charge in [-0.05, 0) is 5.56 Å². The van der Waals surface area contributed by atoms with E-state index in [9.17, 15) is 4.79 Å². The number of aromatic nitrogens is 2. The molecule has 0 atom stereocenters. The Labute approximate surface area is 87.1 Å². The Bertz CT molecular complexity index is 462. The van der Waals surface area contributed by atoms with E-state index >= 15 is 0 Å². The van der Waals surface area contributed by atoms with Gasteiger partial charge in [0.25, 0.3) is 5.91 Å². The van der Waals surface area contributed by atoms with Gasteiger partial charge in [0.2, 0.25) is 0 Å². The fourth-order valence-corrected chi connectivity index (χ4v) is 1.47. The van der Waals surface area contributed by atoms with Crippen molar-refractivity contribution in [1.82, 2.24) is 10.2 Å². The molecule has 0 aliphatic heterocycles. The molecule has 0 bridgehead atoms. The number of nitrogens with one attached hydrogen (secondary N) is 1. The Morgan fingerprint density at radius 2 is 2.07 bits per heavy atom. The minimum atomic E-state index is -0.474. The monoisotopic (exact) mass is 201 g/mol. The zero-order valence-corrected chi connectivity index (χ0v) is 8.10. The molecule has 0 radical (unpaired) electrons. The minimum absolute atomic E-state index is 0.388. The summed E-state index contributed by atoms with van der Waals surface area (Å²) in [4.78, 5) is 11.0. The average molecular weight is 201 g/mol. The van der Waals surface area contributed by atoms with Crippen LogP contribution in [0.5, 0.6) is 0 Å². The van der Waals surface area contributed by atoms with E-state index in [-0.39, 0.29) is 0 Å². The van der Waals surface area contributed by atoms with Crippen molar-refractivity contribution in [2.45, 2.75) is 6.42 Å². The van der Waals surface area contributed by atoms with Crippen LogP contribution in [0.2, 0.25) is 0 Å². The first-order valence-electron chi connectivity index (χ1n) is 4.63. The van der Waals surface area contributed by atoms with Crippen LogP contribution in [0, 0.1) is 0 Å². The van der Waals surface area contributed by atoms with Crippen LogP contribution in [0.25, 0.3) is 0 Å². The van der Waals surface area contributed by atoms with Crippen molar-refractivity contribution in [3.8, 4) is 0 Å². The summed E-state index contributed by atoms with van der Waals surface area (Å²) >= 11 is 0. The van der Waals surface area contributed by atoms with Crippen LogP contribution in [0.4, 0.5) is 0 Å². The first-order chi connectivity index (χ1) is 7.27. The van der Waals surface area contributed by atoms with Crippen LogP contribution in [0.1, 0.15) is 21.6 Å². The Balaban J connectivity index is 2.25. The Hall–Kier alpha value is -2.10. The van der Waals surface area contributed by atoms with Crippen molar-refractivity contribution in [3.05, 3.63) is 53.3 Å². The number of aromatic amines is 1. The maximum atomic E-state index is 11.0. The Kier molecular flexibility index (Phi) is 2.49. The van der Waals surface area contributed by atoms with Gasteiger partial charge in [0.1, 0.15) is 5.69 Å². The van der Waals surface area contributed by atoms with Crippen LogP contribution in [-0.2, 0) is 6.42 Å². The Morgan fingerprint density at radius 1 is 1.33 bits per heavy atom. The van der Waals surface area contributed by atoms with Gasteiger partial charge in [-0.15, -0.1) is 0 Å². The standard InChI is InChI=1S/C11H11N3O/c12-11(15)10-9(7-13-14-10)6-8-4-2-1-3-5-8/h1-5,7H,6H2,(H2,12,15)(H,13,14). The second-order valence-corrected chi connectivity index (χ2v) is 3.30. The molecule has 0 aliphatic carbocycles. The van der Waals surface area contributed by atoms with Gasteiger partial charge in [-0.25, -0.2) is 0 Å². The summed E-state index contributed by atoms with van der Waals surface area (Å²) < 4.78 is 0. The highest BCUT2D eigenvalue weighted by Gasteiger charge is 2.10. The fourth-order valence-electron chi connectivity index (χ4n) is 1.47. The van der Waals surface area contributed by atoms with Gasteiger partial charge < -0.3 is 5.73 Å². The lowest BCUT2D eigenvalue weighted by atomic mass is 10.1. The number of rotatable bonds is 3. The van der Waals surface area contributed by atoms with Crippen molar-refractivity contribution in [2.75, 3.05) is 0 Å². The Morgan fingerprint density at radius 3 is 2.73 bits per heavy atom. The summed E-state index contributed by atoms with van der Waals surface area (Å²) in [5.74, 6) is -0.474. The molecule has 2 rings (SSSR count). The number of carbonyl (C=O) groups is 1. The van der Waals surface area contributed by atoms with Gasteiger partial charge in [0, 0.05) is 12.0 Å². The average Bonchev–Trinajstić information content (AvgIpc) is 2.67. The summed E-state index contributed by atoms with van der Waals surface area (Å²) in [6.45, 7) is 0. The molecule has 1 amide bonds. The van der Waals surface area contributed by atoms with E-state index < -0.39 is 5.91 Å². The number of nitrogens with zero attached hydrogens (tertiary/aromatic N) is 1. The number of benzene rings is 1. The second kappa shape index (κ2) is 3.96. The van der Waals surface area contributed by atoms with Gasteiger partial charge in [0.15, 0.2) is 0 Å². The van der Waals surface area contributed by atoms with E-state index in [0.29, 0.717) is 12.1 Å².